The summed E-state index contributed by atoms with van der Waals surface area (Å²) in [5.41, 5.74) is 0. The van der Waals surface area contributed by atoms with Gasteiger partial charge in [-0.25, -0.2) is 8.42 Å². The molecule has 0 unspecified atom stereocenters. The van der Waals surface area contributed by atoms with Crippen LogP contribution in [0.3, 0.4) is 0 Å². The number of rotatable bonds is 3. The minimum atomic E-state index is -3.56. The second-order valence-electron chi connectivity index (χ2n) is 2.91. The first-order valence-electron chi connectivity index (χ1n) is 4.66. The highest BCUT2D eigenvalue weighted by Crippen LogP contribution is 2.13. The van der Waals surface area contributed by atoms with E-state index in [0.717, 1.165) is 0 Å². The van der Waals surface area contributed by atoms with Gasteiger partial charge in [-0.15, -0.1) is 0 Å². The van der Waals surface area contributed by atoms with Crippen LogP contribution in [0.4, 0.5) is 5.82 Å². The number of hydrogen-bond donors (Lipinski definition) is 2. The molecule has 0 atom stereocenters. The predicted octanol–water partition coefficient (Wildman–Crippen LogP) is 1.18. The Kier molecular flexibility index (Phi) is 4.88. The number of carbonyl (C=O) groups is 1. The fraction of sp³-hybridized carbons (Fsp3) is 0. The van der Waals surface area contributed by atoms with E-state index in [4.69, 9.17) is 9.90 Å². The van der Waals surface area contributed by atoms with E-state index in [-0.39, 0.29) is 17.2 Å². The molecule has 0 amide bonds. The van der Waals surface area contributed by atoms with Gasteiger partial charge in [0.05, 0.1) is 4.90 Å². The Hall–Kier alpha value is -2.35. The molecule has 0 aliphatic heterocycles. The molecule has 96 valence electrons. The number of hydrogen-bond acceptors (Lipinski definition) is 5. The van der Waals surface area contributed by atoms with E-state index in [9.17, 15) is 8.42 Å². The van der Waals surface area contributed by atoms with E-state index in [1.165, 1.54) is 24.5 Å². The first-order chi connectivity index (χ1) is 8.60. The highest BCUT2D eigenvalue weighted by molar-refractivity contribution is 7.92. The van der Waals surface area contributed by atoms with Crippen LogP contribution < -0.4 is 4.72 Å². The Labute approximate surface area is 103 Å². The summed E-state index contributed by atoms with van der Waals surface area (Å²) in [5.74, 6) is 0.166. The van der Waals surface area contributed by atoms with Gasteiger partial charge in [0.25, 0.3) is 16.5 Å². The maximum atomic E-state index is 11.7. The van der Waals surface area contributed by atoms with Crippen molar-refractivity contribution in [3.8, 4) is 0 Å². The van der Waals surface area contributed by atoms with Gasteiger partial charge in [0.1, 0.15) is 6.26 Å². The lowest BCUT2D eigenvalue weighted by Crippen LogP contribution is -2.12. The SMILES string of the molecule is O=CO.O=S(=O)(Nc1ccon1)c1ccccc1. The largest absolute Gasteiger partial charge is 0.483 e. The van der Waals surface area contributed by atoms with Crippen LogP contribution in [0.5, 0.6) is 0 Å². The molecule has 18 heavy (non-hydrogen) atoms. The lowest BCUT2D eigenvalue weighted by atomic mass is 10.4. The van der Waals surface area contributed by atoms with Crippen molar-refractivity contribution in [1.29, 1.82) is 0 Å². The Bertz CT molecular complexity index is 566. The number of nitrogens with zero attached hydrogens (tertiary/aromatic N) is 1. The third-order valence-corrected chi connectivity index (χ3v) is 3.10. The monoisotopic (exact) mass is 270 g/mol. The van der Waals surface area contributed by atoms with Crippen molar-refractivity contribution in [2.45, 2.75) is 4.90 Å². The number of anilines is 1. The molecule has 7 nitrogen and oxygen atoms in total. The molecule has 1 aromatic carbocycles. The molecular weight excluding hydrogens is 260 g/mol. The Morgan fingerprint density at radius 1 is 1.22 bits per heavy atom. The molecule has 0 bridgehead atoms. The lowest BCUT2D eigenvalue weighted by Gasteiger charge is -2.03. The fourth-order valence-corrected chi connectivity index (χ4v) is 2.08. The molecule has 0 spiro atoms. The van der Waals surface area contributed by atoms with E-state index in [1.54, 1.807) is 18.2 Å². The van der Waals surface area contributed by atoms with Crippen LogP contribution in [0.15, 0.2) is 52.1 Å². The summed E-state index contributed by atoms with van der Waals surface area (Å²) in [6, 6.07) is 9.48. The normalized spacial score (nSPS) is 10.0. The quantitative estimate of drug-likeness (QED) is 0.810. The van der Waals surface area contributed by atoms with Crippen LogP contribution in [-0.2, 0) is 14.8 Å². The van der Waals surface area contributed by atoms with Gasteiger partial charge in [-0.05, 0) is 12.1 Å². The molecule has 1 aromatic heterocycles. The summed E-state index contributed by atoms with van der Waals surface area (Å²) in [4.78, 5) is 8.55. The van der Waals surface area contributed by atoms with Gasteiger partial charge in [-0.1, -0.05) is 23.4 Å². The van der Waals surface area contributed by atoms with Crippen molar-refractivity contribution < 1.29 is 22.8 Å². The van der Waals surface area contributed by atoms with Crippen LogP contribution in [0, 0.1) is 0 Å². The summed E-state index contributed by atoms with van der Waals surface area (Å²) in [5, 5.41) is 10.4. The van der Waals surface area contributed by atoms with Crippen molar-refractivity contribution in [2.24, 2.45) is 0 Å². The highest BCUT2D eigenvalue weighted by atomic mass is 32.2. The number of benzene rings is 1. The first-order valence-corrected chi connectivity index (χ1v) is 6.14. The van der Waals surface area contributed by atoms with Gasteiger partial charge in [-0.2, -0.15) is 0 Å². The van der Waals surface area contributed by atoms with Crippen LogP contribution >= 0.6 is 0 Å². The molecule has 2 rings (SSSR count). The van der Waals surface area contributed by atoms with E-state index in [2.05, 4.69) is 14.4 Å². The third kappa shape index (κ3) is 3.91. The predicted molar refractivity (Wildman–Crippen MR) is 62.4 cm³/mol. The average molecular weight is 270 g/mol. The summed E-state index contributed by atoms with van der Waals surface area (Å²) >= 11 is 0. The van der Waals surface area contributed by atoms with Crippen LogP contribution in [-0.4, -0.2) is 25.2 Å². The van der Waals surface area contributed by atoms with E-state index in [0.29, 0.717) is 0 Å². The number of carboxylic acid groups (broad SMARTS) is 1. The summed E-state index contributed by atoms with van der Waals surface area (Å²) in [6.07, 6.45) is 1.29. The Morgan fingerprint density at radius 3 is 2.33 bits per heavy atom. The molecule has 0 aliphatic carbocycles. The molecule has 0 aliphatic rings. The zero-order chi connectivity index (χ0) is 13.4. The van der Waals surface area contributed by atoms with Crippen molar-refractivity contribution in [3.05, 3.63) is 42.7 Å². The average Bonchev–Trinajstić information content (AvgIpc) is 2.83. The first kappa shape index (κ1) is 13.7. The lowest BCUT2D eigenvalue weighted by molar-refractivity contribution is -0.122. The second-order valence-corrected chi connectivity index (χ2v) is 4.59. The molecule has 0 saturated carbocycles. The topological polar surface area (TPSA) is 110 Å². The van der Waals surface area contributed by atoms with Crippen molar-refractivity contribution in [1.82, 2.24) is 5.16 Å². The molecule has 0 fully saturated rings. The number of sulfonamides is 1. The van der Waals surface area contributed by atoms with Gasteiger partial charge in [0.15, 0.2) is 5.82 Å². The van der Waals surface area contributed by atoms with Gasteiger partial charge >= 0.3 is 0 Å². The van der Waals surface area contributed by atoms with Crippen molar-refractivity contribution >= 4 is 22.3 Å². The molecule has 2 aromatic rings. The summed E-state index contributed by atoms with van der Waals surface area (Å²) < 4.78 is 30.2. The summed E-state index contributed by atoms with van der Waals surface area (Å²) in [6.45, 7) is -0.250. The van der Waals surface area contributed by atoms with Gasteiger partial charge in [0, 0.05) is 6.07 Å². The second kappa shape index (κ2) is 6.40. The van der Waals surface area contributed by atoms with E-state index < -0.39 is 10.0 Å². The van der Waals surface area contributed by atoms with E-state index >= 15 is 0 Å². The fourth-order valence-electron chi connectivity index (χ4n) is 1.06. The smallest absolute Gasteiger partial charge is 0.290 e. The minimum Gasteiger partial charge on any atom is -0.483 e. The van der Waals surface area contributed by atoms with Crippen molar-refractivity contribution in [2.75, 3.05) is 4.72 Å². The van der Waals surface area contributed by atoms with Gasteiger partial charge < -0.3 is 9.63 Å². The third-order valence-electron chi connectivity index (χ3n) is 1.73. The highest BCUT2D eigenvalue weighted by Gasteiger charge is 2.14. The zero-order valence-electron chi connectivity index (χ0n) is 9.05. The van der Waals surface area contributed by atoms with Crippen LogP contribution in [0.2, 0.25) is 0 Å². The molecule has 0 saturated heterocycles. The molecular formula is C10H10N2O5S. The molecule has 0 radical (unpaired) electrons. The maximum Gasteiger partial charge on any atom is 0.290 e. The van der Waals surface area contributed by atoms with Gasteiger partial charge in [-0.3, -0.25) is 9.52 Å². The molecule has 2 N–H and O–H groups in total. The maximum absolute atomic E-state index is 11.7. The van der Waals surface area contributed by atoms with Gasteiger partial charge in [0.2, 0.25) is 0 Å². The molecule has 1 heterocycles. The summed E-state index contributed by atoms with van der Waals surface area (Å²) in [7, 11) is -3.56. The Morgan fingerprint density at radius 2 is 1.83 bits per heavy atom. The van der Waals surface area contributed by atoms with Crippen molar-refractivity contribution in [3.63, 3.8) is 0 Å². The number of aromatic nitrogens is 1. The van der Waals surface area contributed by atoms with Crippen LogP contribution in [0.1, 0.15) is 0 Å². The minimum absolute atomic E-state index is 0.166. The Balaban J connectivity index is 0.000000492. The zero-order valence-corrected chi connectivity index (χ0v) is 9.87. The molecule has 8 heteroatoms. The van der Waals surface area contributed by atoms with Crippen LogP contribution in [0.25, 0.3) is 0 Å². The number of nitrogens with one attached hydrogen (secondary N) is 1. The standard InChI is InChI=1S/C9H8N2O3S.CH2O2/c12-15(13,8-4-2-1-3-5-8)11-9-6-7-14-10-9;2-1-3/h1-7H,(H,10,11);1H,(H,2,3). The van der Waals surface area contributed by atoms with E-state index in [1.807, 2.05) is 0 Å².